The molecule has 166 valence electrons. The molecule has 0 aliphatic carbocycles. The lowest BCUT2D eigenvalue weighted by molar-refractivity contribution is -0.115. The van der Waals surface area contributed by atoms with Crippen LogP contribution in [-0.2, 0) is 4.79 Å². The monoisotopic (exact) mass is 431 g/mol. The first-order chi connectivity index (χ1) is 15.4. The summed E-state index contributed by atoms with van der Waals surface area (Å²) in [5.74, 6) is 0.219. The number of para-hydroxylation sites is 2. The highest BCUT2D eigenvalue weighted by Crippen LogP contribution is 2.24. The van der Waals surface area contributed by atoms with Gasteiger partial charge in [-0.05, 0) is 69.3 Å². The maximum Gasteiger partial charge on any atom is 0.255 e. The Bertz CT molecular complexity index is 1060. The molecule has 32 heavy (non-hydrogen) atoms. The lowest BCUT2D eigenvalue weighted by Crippen LogP contribution is -2.38. The number of ether oxygens (including phenoxy) is 1. The molecular weight excluding hydrogens is 402 g/mol. The molecule has 0 aliphatic rings. The van der Waals surface area contributed by atoms with Crippen LogP contribution in [0, 0.1) is 6.92 Å². The fourth-order valence-electron chi connectivity index (χ4n) is 3.31. The van der Waals surface area contributed by atoms with E-state index in [0.717, 1.165) is 5.69 Å². The van der Waals surface area contributed by atoms with Gasteiger partial charge in [0.05, 0.1) is 19.3 Å². The van der Waals surface area contributed by atoms with E-state index in [9.17, 15) is 9.59 Å². The van der Waals surface area contributed by atoms with Crippen LogP contribution in [0.4, 0.5) is 17.1 Å². The van der Waals surface area contributed by atoms with Crippen LogP contribution >= 0.6 is 0 Å². The zero-order chi connectivity index (χ0) is 23.1. The number of hydrogen-bond donors (Lipinski definition) is 2. The highest BCUT2D eigenvalue weighted by Gasteiger charge is 2.15. The normalized spacial score (nSPS) is 10.5. The first-order valence-corrected chi connectivity index (χ1v) is 10.5. The summed E-state index contributed by atoms with van der Waals surface area (Å²) in [5.41, 5.74) is 3.90. The van der Waals surface area contributed by atoms with Gasteiger partial charge in [-0.2, -0.15) is 0 Å². The van der Waals surface area contributed by atoms with E-state index in [1.165, 1.54) is 5.56 Å². The molecule has 0 radical (unpaired) electrons. The first-order valence-electron chi connectivity index (χ1n) is 10.5. The number of hydrogen-bond acceptors (Lipinski definition) is 4. The number of carbonyl (C=O) groups is 2. The Morgan fingerprint density at radius 3 is 2.19 bits per heavy atom. The molecule has 0 aromatic heterocycles. The van der Waals surface area contributed by atoms with E-state index in [1.807, 2.05) is 48.2 Å². The van der Waals surface area contributed by atoms with Crippen LogP contribution in [0.5, 0.6) is 5.75 Å². The topological polar surface area (TPSA) is 70.7 Å². The molecule has 0 atom stereocenters. The van der Waals surface area contributed by atoms with Gasteiger partial charge in [0.15, 0.2) is 0 Å². The summed E-state index contributed by atoms with van der Waals surface area (Å²) in [7, 11) is 1.56. The molecule has 6 nitrogen and oxygen atoms in total. The molecule has 6 heteroatoms. The van der Waals surface area contributed by atoms with E-state index in [1.54, 1.807) is 43.5 Å². The van der Waals surface area contributed by atoms with Gasteiger partial charge in [0, 0.05) is 23.0 Å². The molecule has 0 bridgehead atoms. The van der Waals surface area contributed by atoms with E-state index in [4.69, 9.17) is 4.74 Å². The summed E-state index contributed by atoms with van der Waals surface area (Å²) in [4.78, 5) is 27.3. The number of aryl methyl sites for hydroxylation is 1. The zero-order valence-corrected chi connectivity index (χ0v) is 18.9. The number of methoxy groups -OCH3 is 1. The zero-order valence-electron chi connectivity index (χ0n) is 18.9. The smallest absolute Gasteiger partial charge is 0.255 e. The van der Waals surface area contributed by atoms with Crippen molar-refractivity contribution >= 4 is 28.9 Å². The van der Waals surface area contributed by atoms with Crippen molar-refractivity contribution in [1.29, 1.82) is 0 Å². The second-order valence-corrected chi connectivity index (χ2v) is 7.84. The number of rotatable bonds is 8. The van der Waals surface area contributed by atoms with Crippen molar-refractivity contribution in [2.75, 3.05) is 29.2 Å². The third-order valence-electron chi connectivity index (χ3n) is 5.09. The molecule has 0 aliphatic heterocycles. The minimum atomic E-state index is -0.252. The number of anilines is 3. The summed E-state index contributed by atoms with van der Waals surface area (Å²) < 4.78 is 5.26. The molecule has 0 heterocycles. The van der Waals surface area contributed by atoms with Crippen LogP contribution in [0.25, 0.3) is 0 Å². The van der Waals surface area contributed by atoms with Gasteiger partial charge in [0.25, 0.3) is 5.91 Å². The first kappa shape index (κ1) is 22.9. The maximum absolute atomic E-state index is 12.7. The Kier molecular flexibility index (Phi) is 7.49. The van der Waals surface area contributed by atoms with Crippen molar-refractivity contribution in [1.82, 2.24) is 0 Å². The molecule has 2 amide bonds. The molecule has 0 spiro atoms. The van der Waals surface area contributed by atoms with Crippen molar-refractivity contribution in [2.45, 2.75) is 26.8 Å². The lowest BCUT2D eigenvalue weighted by Gasteiger charge is -2.28. The van der Waals surface area contributed by atoms with Crippen molar-refractivity contribution < 1.29 is 14.3 Å². The molecule has 0 fully saturated rings. The summed E-state index contributed by atoms with van der Waals surface area (Å²) in [6, 6.07) is 22.3. The minimum absolute atomic E-state index is 0.120. The quantitative estimate of drug-likeness (QED) is 0.520. The lowest BCUT2D eigenvalue weighted by atomic mass is 10.1. The van der Waals surface area contributed by atoms with Gasteiger partial charge >= 0.3 is 0 Å². The molecule has 0 unspecified atom stereocenters. The SMILES string of the molecule is COc1ccccc1NC(=O)c1ccc(NC(=O)CN(c2ccc(C)cc2)C(C)C)cc1. The Hall–Kier alpha value is -3.80. The Morgan fingerprint density at radius 1 is 0.906 bits per heavy atom. The number of carbonyl (C=O) groups excluding carboxylic acids is 2. The van der Waals surface area contributed by atoms with Gasteiger partial charge < -0.3 is 20.3 Å². The van der Waals surface area contributed by atoms with Crippen molar-refractivity contribution in [3.05, 3.63) is 83.9 Å². The Morgan fingerprint density at radius 2 is 1.56 bits per heavy atom. The number of nitrogens with zero attached hydrogens (tertiary/aromatic N) is 1. The molecule has 3 rings (SSSR count). The van der Waals surface area contributed by atoms with E-state index in [2.05, 4.69) is 24.5 Å². The molecular formula is C26H29N3O3. The summed E-state index contributed by atoms with van der Waals surface area (Å²) in [6.45, 7) is 6.39. The van der Waals surface area contributed by atoms with Gasteiger partial charge in [0.2, 0.25) is 5.91 Å². The van der Waals surface area contributed by atoms with Crippen LogP contribution < -0.4 is 20.3 Å². The molecule has 3 aromatic rings. The van der Waals surface area contributed by atoms with Crippen LogP contribution in [0.1, 0.15) is 29.8 Å². The minimum Gasteiger partial charge on any atom is -0.495 e. The van der Waals surface area contributed by atoms with Crippen molar-refractivity contribution in [2.24, 2.45) is 0 Å². The van der Waals surface area contributed by atoms with Crippen molar-refractivity contribution in [3.8, 4) is 5.75 Å². The predicted octanol–water partition coefficient (Wildman–Crippen LogP) is 5.11. The van der Waals surface area contributed by atoms with E-state index < -0.39 is 0 Å². The highest BCUT2D eigenvalue weighted by atomic mass is 16.5. The standard InChI is InChI=1S/C26H29N3O3/c1-18(2)29(22-15-9-19(3)10-16-22)17-25(30)27-21-13-11-20(12-14-21)26(31)28-23-7-5-6-8-24(23)32-4/h5-16,18H,17H2,1-4H3,(H,27,30)(H,28,31). The predicted molar refractivity (Wildman–Crippen MR) is 130 cm³/mol. The van der Waals surface area contributed by atoms with E-state index in [0.29, 0.717) is 22.7 Å². The Balaban J connectivity index is 1.62. The average molecular weight is 432 g/mol. The third-order valence-corrected chi connectivity index (χ3v) is 5.09. The van der Waals surface area contributed by atoms with Gasteiger partial charge in [-0.3, -0.25) is 9.59 Å². The van der Waals surface area contributed by atoms with Gasteiger partial charge in [0.1, 0.15) is 5.75 Å². The second kappa shape index (κ2) is 10.5. The largest absolute Gasteiger partial charge is 0.495 e. The van der Waals surface area contributed by atoms with Gasteiger partial charge in [-0.15, -0.1) is 0 Å². The molecule has 0 saturated heterocycles. The van der Waals surface area contributed by atoms with E-state index in [-0.39, 0.29) is 24.4 Å². The van der Waals surface area contributed by atoms with Crippen LogP contribution in [0.3, 0.4) is 0 Å². The average Bonchev–Trinajstić information content (AvgIpc) is 2.79. The molecule has 0 saturated carbocycles. The molecule has 2 N–H and O–H groups in total. The molecule has 3 aromatic carbocycles. The van der Waals surface area contributed by atoms with Crippen LogP contribution in [0.2, 0.25) is 0 Å². The summed E-state index contributed by atoms with van der Waals surface area (Å²) in [6.07, 6.45) is 0. The van der Waals surface area contributed by atoms with E-state index >= 15 is 0 Å². The van der Waals surface area contributed by atoms with Gasteiger partial charge in [-0.1, -0.05) is 29.8 Å². The van der Waals surface area contributed by atoms with Crippen LogP contribution in [0.15, 0.2) is 72.8 Å². The number of nitrogens with one attached hydrogen (secondary N) is 2. The van der Waals surface area contributed by atoms with Crippen molar-refractivity contribution in [3.63, 3.8) is 0 Å². The number of benzene rings is 3. The third kappa shape index (κ3) is 5.88. The number of amides is 2. The van der Waals surface area contributed by atoms with Gasteiger partial charge in [-0.25, -0.2) is 0 Å². The highest BCUT2D eigenvalue weighted by molar-refractivity contribution is 6.05. The Labute approximate surface area is 189 Å². The van der Waals surface area contributed by atoms with Crippen LogP contribution in [-0.4, -0.2) is 31.5 Å². The summed E-state index contributed by atoms with van der Waals surface area (Å²) in [5, 5.41) is 5.75. The fourth-order valence-corrected chi connectivity index (χ4v) is 3.31. The second-order valence-electron chi connectivity index (χ2n) is 7.84. The maximum atomic E-state index is 12.7. The summed E-state index contributed by atoms with van der Waals surface area (Å²) >= 11 is 0. The fraction of sp³-hybridized carbons (Fsp3) is 0.231.